The fourth-order valence-corrected chi connectivity index (χ4v) is 1.40. The molecule has 0 fully saturated rings. The lowest BCUT2D eigenvalue weighted by molar-refractivity contribution is 0.613. The van der Waals surface area contributed by atoms with Crippen LogP contribution in [0.5, 0.6) is 0 Å². The van der Waals surface area contributed by atoms with Gasteiger partial charge in [-0.2, -0.15) is 0 Å². The molecule has 1 aromatic rings. The molecule has 0 saturated heterocycles. The van der Waals surface area contributed by atoms with Gasteiger partial charge in [-0.1, -0.05) is 12.1 Å². The molecule has 1 aromatic carbocycles. The minimum atomic E-state index is -0.0498. The molecule has 0 atom stereocenters. The van der Waals surface area contributed by atoms with Crippen LogP contribution in [0.15, 0.2) is 18.2 Å². The Morgan fingerprint density at radius 1 is 1.30 bits per heavy atom. The summed E-state index contributed by atoms with van der Waals surface area (Å²) >= 11 is 0. The third-order valence-corrected chi connectivity index (χ3v) is 1.91. The summed E-state index contributed by atoms with van der Waals surface area (Å²) < 4.78 is 12.9. The average Bonchev–Trinajstić information content (AvgIpc) is 2.36. The molecule has 0 saturated carbocycles. The minimum Gasteiger partial charge on any atom is -0.207 e. The predicted molar refractivity (Wildman–Crippen MR) is 38.1 cm³/mol. The number of hydrogen-bond donors (Lipinski definition) is 0. The summed E-state index contributed by atoms with van der Waals surface area (Å²) in [6.07, 6.45) is 3.96. The highest BCUT2D eigenvalue weighted by molar-refractivity contribution is 5.38. The Bertz CT molecular complexity index is 253. The monoisotopic (exact) mass is 135 g/mol. The van der Waals surface area contributed by atoms with Gasteiger partial charge in [-0.05, 0) is 36.5 Å². The first-order valence-corrected chi connectivity index (χ1v) is 3.48. The van der Waals surface area contributed by atoms with Crippen molar-refractivity contribution in [3.05, 3.63) is 41.6 Å². The van der Waals surface area contributed by atoms with Crippen molar-refractivity contribution in [3.8, 4) is 0 Å². The molecule has 0 bridgehead atoms. The van der Waals surface area contributed by atoms with Gasteiger partial charge in [0.1, 0.15) is 5.82 Å². The van der Waals surface area contributed by atoms with Crippen molar-refractivity contribution in [1.29, 1.82) is 0 Å². The van der Waals surface area contributed by atoms with Crippen molar-refractivity contribution in [2.24, 2.45) is 0 Å². The summed E-state index contributed by atoms with van der Waals surface area (Å²) in [5, 5.41) is 0. The van der Waals surface area contributed by atoms with Crippen LogP contribution in [-0.4, -0.2) is 0 Å². The first kappa shape index (κ1) is 5.90. The molecule has 1 aliphatic rings. The van der Waals surface area contributed by atoms with Gasteiger partial charge in [0.15, 0.2) is 0 Å². The maximum absolute atomic E-state index is 12.9. The maximum Gasteiger partial charge on any atom is 0.126 e. The Balaban J connectivity index is 2.59. The van der Waals surface area contributed by atoms with Crippen LogP contribution in [-0.2, 0) is 6.42 Å². The normalized spacial score (nSPS) is 15.3. The molecular formula is C9H8F. The zero-order valence-electron chi connectivity index (χ0n) is 5.60. The van der Waals surface area contributed by atoms with Crippen LogP contribution in [0, 0.1) is 12.2 Å². The van der Waals surface area contributed by atoms with Crippen molar-refractivity contribution < 1.29 is 4.39 Å². The molecule has 0 aromatic heterocycles. The number of halogens is 1. The number of benzene rings is 1. The van der Waals surface area contributed by atoms with E-state index in [9.17, 15) is 4.39 Å². The fourth-order valence-electron chi connectivity index (χ4n) is 1.40. The van der Waals surface area contributed by atoms with Crippen LogP contribution >= 0.6 is 0 Å². The van der Waals surface area contributed by atoms with E-state index >= 15 is 0 Å². The average molecular weight is 135 g/mol. The highest BCUT2D eigenvalue weighted by atomic mass is 19.1. The molecule has 2 rings (SSSR count). The molecule has 0 heterocycles. The van der Waals surface area contributed by atoms with Gasteiger partial charge < -0.3 is 0 Å². The SMILES string of the molecule is Fc1cccc2c1CC[CH]2. The molecule has 0 spiro atoms. The Kier molecular flexibility index (Phi) is 1.23. The van der Waals surface area contributed by atoms with Crippen LogP contribution in [0.25, 0.3) is 0 Å². The molecular weight excluding hydrogens is 127 g/mol. The van der Waals surface area contributed by atoms with Crippen molar-refractivity contribution >= 4 is 0 Å². The van der Waals surface area contributed by atoms with Gasteiger partial charge in [0, 0.05) is 0 Å². The van der Waals surface area contributed by atoms with Crippen molar-refractivity contribution in [3.63, 3.8) is 0 Å². The summed E-state index contributed by atoms with van der Waals surface area (Å²) in [5.41, 5.74) is 1.97. The van der Waals surface area contributed by atoms with Gasteiger partial charge in [-0.3, -0.25) is 0 Å². The van der Waals surface area contributed by atoms with Crippen molar-refractivity contribution in [2.75, 3.05) is 0 Å². The lowest BCUT2D eigenvalue weighted by Crippen LogP contribution is -1.85. The molecule has 0 nitrogen and oxygen atoms in total. The van der Waals surface area contributed by atoms with Crippen molar-refractivity contribution in [2.45, 2.75) is 12.8 Å². The molecule has 51 valence electrons. The number of hydrogen-bond acceptors (Lipinski definition) is 0. The first-order valence-electron chi connectivity index (χ1n) is 3.48. The van der Waals surface area contributed by atoms with Crippen LogP contribution in [0.4, 0.5) is 4.39 Å². The van der Waals surface area contributed by atoms with E-state index in [2.05, 4.69) is 6.42 Å². The van der Waals surface area contributed by atoms with Gasteiger partial charge in [-0.25, -0.2) is 4.39 Å². The van der Waals surface area contributed by atoms with E-state index in [4.69, 9.17) is 0 Å². The second-order valence-electron chi connectivity index (χ2n) is 2.55. The quantitative estimate of drug-likeness (QED) is 0.512. The fraction of sp³-hybridized carbons (Fsp3) is 0.222. The standard InChI is InChI=1S/C9H8F/c10-9-6-2-4-7-3-1-5-8(7)9/h2-4,6H,1,5H2. The van der Waals surface area contributed by atoms with Crippen LogP contribution < -0.4 is 0 Å². The van der Waals surface area contributed by atoms with Gasteiger partial charge in [-0.15, -0.1) is 0 Å². The lowest BCUT2D eigenvalue weighted by atomic mass is 10.1. The molecule has 1 heteroatoms. The van der Waals surface area contributed by atoms with E-state index in [0.717, 1.165) is 24.0 Å². The van der Waals surface area contributed by atoms with Gasteiger partial charge in [0.25, 0.3) is 0 Å². The Labute approximate surface area is 59.7 Å². The molecule has 1 aliphatic carbocycles. The summed E-state index contributed by atoms with van der Waals surface area (Å²) in [6, 6.07) is 5.25. The number of rotatable bonds is 0. The van der Waals surface area contributed by atoms with Crippen LogP contribution in [0.1, 0.15) is 17.5 Å². The van der Waals surface area contributed by atoms with Gasteiger partial charge >= 0.3 is 0 Å². The van der Waals surface area contributed by atoms with E-state index in [1.807, 2.05) is 6.07 Å². The zero-order valence-corrected chi connectivity index (χ0v) is 5.60. The highest BCUT2D eigenvalue weighted by Crippen LogP contribution is 2.25. The smallest absolute Gasteiger partial charge is 0.126 e. The first-order chi connectivity index (χ1) is 4.88. The molecule has 0 unspecified atom stereocenters. The third kappa shape index (κ3) is 0.737. The zero-order chi connectivity index (χ0) is 6.97. The predicted octanol–water partition coefficient (Wildman–Crippen LogP) is 2.32. The second kappa shape index (κ2) is 2.08. The summed E-state index contributed by atoms with van der Waals surface area (Å²) in [4.78, 5) is 0. The summed E-state index contributed by atoms with van der Waals surface area (Å²) in [7, 11) is 0. The second-order valence-corrected chi connectivity index (χ2v) is 2.55. The third-order valence-electron chi connectivity index (χ3n) is 1.91. The van der Waals surface area contributed by atoms with Gasteiger partial charge in [0.05, 0.1) is 0 Å². The largest absolute Gasteiger partial charge is 0.207 e. The topological polar surface area (TPSA) is 0 Å². The Morgan fingerprint density at radius 3 is 3.00 bits per heavy atom. The highest BCUT2D eigenvalue weighted by Gasteiger charge is 2.13. The lowest BCUT2D eigenvalue weighted by Gasteiger charge is -1.97. The molecule has 10 heavy (non-hydrogen) atoms. The maximum atomic E-state index is 12.9. The van der Waals surface area contributed by atoms with E-state index < -0.39 is 0 Å². The Morgan fingerprint density at radius 2 is 2.20 bits per heavy atom. The molecule has 0 N–H and O–H groups in total. The summed E-state index contributed by atoms with van der Waals surface area (Å²) in [5.74, 6) is -0.0498. The molecule has 0 amide bonds. The van der Waals surface area contributed by atoms with Crippen LogP contribution in [0.3, 0.4) is 0 Å². The summed E-state index contributed by atoms with van der Waals surface area (Å²) in [6.45, 7) is 0. The van der Waals surface area contributed by atoms with Crippen LogP contribution in [0.2, 0.25) is 0 Å². The van der Waals surface area contributed by atoms with Crippen molar-refractivity contribution in [1.82, 2.24) is 0 Å². The molecule has 0 aliphatic heterocycles. The van der Waals surface area contributed by atoms with E-state index in [1.54, 1.807) is 6.07 Å². The van der Waals surface area contributed by atoms with E-state index in [0.29, 0.717) is 0 Å². The molecule has 1 radical (unpaired) electrons. The minimum absolute atomic E-state index is 0.0498. The van der Waals surface area contributed by atoms with E-state index in [1.165, 1.54) is 6.07 Å². The van der Waals surface area contributed by atoms with E-state index in [-0.39, 0.29) is 5.82 Å². The number of fused-ring (bicyclic) bond motifs is 1. The Hall–Kier alpha value is -0.850. The van der Waals surface area contributed by atoms with Gasteiger partial charge in [0.2, 0.25) is 0 Å².